The van der Waals surface area contributed by atoms with Crippen molar-refractivity contribution in [3.05, 3.63) is 0 Å². The highest BCUT2D eigenvalue weighted by molar-refractivity contribution is 7.83. The summed E-state index contributed by atoms with van der Waals surface area (Å²) in [5.41, 5.74) is 0. The standard InChI is InChI=1S/C19H39ClNO3P/c1-2-3-4-5-6-7-8-9-10-11-12-13-14-15-16-23-17-19-18-24-25(20,22)21-19/h19H,2-18H2,1H3,(H,21,22)/t19-,25?/m1/s1/i25+1. The second-order valence-electron chi connectivity index (χ2n) is 7.27. The van der Waals surface area contributed by atoms with Crippen LogP contribution >= 0.6 is 18.1 Å². The highest BCUT2D eigenvalue weighted by atomic mass is 35.7. The number of rotatable bonds is 17. The number of nitrogens with one attached hydrogen (secondary N) is 1. The molecule has 1 aliphatic rings. The molecule has 0 bridgehead atoms. The van der Waals surface area contributed by atoms with Crippen molar-refractivity contribution < 1.29 is 13.8 Å². The third kappa shape index (κ3) is 14.2. The summed E-state index contributed by atoms with van der Waals surface area (Å²) in [6.07, 6.45) is 19.1. The summed E-state index contributed by atoms with van der Waals surface area (Å²) in [6.45, 7) is 0.891. The summed E-state index contributed by atoms with van der Waals surface area (Å²) in [4.78, 5) is 0. The fraction of sp³-hybridized carbons (Fsp3) is 1.00. The predicted molar refractivity (Wildman–Crippen MR) is 107 cm³/mol. The minimum atomic E-state index is -3.05. The maximum atomic E-state index is 11.4. The van der Waals surface area contributed by atoms with Crippen molar-refractivity contribution in [2.75, 3.05) is 19.8 Å². The van der Waals surface area contributed by atoms with Gasteiger partial charge in [-0.2, -0.15) is 0 Å². The summed E-state index contributed by atoms with van der Waals surface area (Å²) in [5, 5.41) is 2.76. The molecule has 0 spiro atoms. The van der Waals surface area contributed by atoms with Gasteiger partial charge in [0.25, 0.3) is 0 Å². The molecule has 150 valence electrons. The highest BCUT2D eigenvalue weighted by Crippen LogP contribution is 2.52. The molecule has 1 unspecified atom stereocenters. The zero-order valence-electron chi connectivity index (χ0n) is 16.1. The maximum absolute atomic E-state index is 11.4. The van der Waals surface area contributed by atoms with Crippen molar-refractivity contribution >= 4 is 18.1 Å². The lowest BCUT2D eigenvalue weighted by atomic mass is 10.0. The zero-order valence-corrected chi connectivity index (χ0v) is 17.8. The van der Waals surface area contributed by atoms with E-state index in [9.17, 15) is 4.57 Å². The van der Waals surface area contributed by atoms with E-state index in [1.165, 1.54) is 83.5 Å². The summed E-state index contributed by atoms with van der Waals surface area (Å²) < 4.78 is 21.9. The predicted octanol–water partition coefficient (Wildman–Crippen LogP) is 6.82. The molecule has 0 aliphatic carbocycles. The van der Waals surface area contributed by atoms with Crippen LogP contribution < -0.4 is 5.09 Å². The highest BCUT2D eigenvalue weighted by Gasteiger charge is 2.32. The molecule has 1 N–H and O–H groups in total. The van der Waals surface area contributed by atoms with Crippen molar-refractivity contribution in [2.45, 2.75) is 103 Å². The Labute approximate surface area is 160 Å². The Hall–Kier alpha value is 0.400. The van der Waals surface area contributed by atoms with E-state index < -0.39 is 6.87 Å². The Morgan fingerprint density at radius 3 is 1.84 bits per heavy atom. The first-order valence-electron chi connectivity index (χ1n) is 10.4. The Morgan fingerprint density at radius 1 is 0.920 bits per heavy atom. The first-order chi connectivity index (χ1) is 12.1. The van der Waals surface area contributed by atoms with Gasteiger partial charge in [-0.3, -0.25) is 4.57 Å². The van der Waals surface area contributed by atoms with E-state index in [0.717, 1.165) is 13.0 Å². The quantitative estimate of drug-likeness (QED) is 0.216. The second-order valence-corrected chi connectivity index (χ2v) is 10.1. The molecule has 2 atom stereocenters. The van der Waals surface area contributed by atoms with Crippen LogP contribution in [0.3, 0.4) is 0 Å². The van der Waals surface area contributed by atoms with Crippen LogP contribution in [0, 0.1) is 0 Å². The molecule has 6 heteroatoms. The molecule has 1 rings (SSSR count). The van der Waals surface area contributed by atoms with Crippen LogP contribution in [0.5, 0.6) is 0 Å². The van der Waals surface area contributed by atoms with Gasteiger partial charge in [0.05, 0.1) is 19.3 Å². The van der Waals surface area contributed by atoms with Crippen molar-refractivity contribution in [3.63, 3.8) is 0 Å². The summed E-state index contributed by atoms with van der Waals surface area (Å²) in [7, 11) is 0. The first-order valence-corrected chi connectivity index (χ1v) is 13.0. The first kappa shape index (κ1) is 23.4. The van der Waals surface area contributed by atoms with Crippen molar-refractivity contribution in [2.24, 2.45) is 0 Å². The van der Waals surface area contributed by atoms with Crippen molar-refractivity contribution in [1.82, 2.24) is 5.09 Å². The third-order valence-electron chi connectivity index (χ3n) is 4.74. The molecule has 0 radical (unpaired) electrons. The average Bonchev–Trinajstić information content (AvgIpc) is 2.93. The SMILES string of the molecule is CCCCCCCCCCCCCCCCOC[C@@H]1CO[32P](=O)(Cl)N1. The number of halogens is 1. The molecule has 1 saturated heterocycles. The molecule has 0 amide bonds. The molecule has 0 aromatic carbocycles. The van der Waals surface area contributed by atoms with Crippen LogP contribution in [0.4, 0.5) is 0 Å². The normalized spacial score (nSPS) is 23.4. The van der Waals surface area contributed by atoms with E-state index in [-0.39, 0.29) is 6.04 Å². The van der Waals surface area contributed by atoms with Gasteiger partial charge in [-0.05, 0) is 17.7 Å². The van der Waals surface area contributed by atoms with E-state index in [0.29, 0.717) is 13.2 Å². The molecular weight excluding hydrogens is 358 g/mol. The fourth-order valence-electron chi connectivity index (χ4n) is 3.19. The van der Waals surface area contributed by atoms with Gasteiger partial charge in [-0.25, -0.2) is 5.09 Å². The number of ether oxygens (including phenoxy) is 1. The van der Waals surface area contributed by atoms with Gasteiger partial charge in [0.1, 0.15) is 0 Å². The third-order valence-corrected chi connectivity index (χ3v) is 6.48. The van der Waals surface area contributed by atoms with Gasteiger partial charge in [0.2, 0.25) is 0 Å². The largest absolute Gasteiger partial charge is 0.380 e. The van der Waals surface area contributed by atoms with E-state index in [1.807, 2.05) is 0 Å². The minimum absolute atomic E-state index is 0.0324. The van der Waals surface area contributed by atoms with Crippen LogP contribution in [-0.2, 0) is 13.8 Å². The topological polar surface area (TPSA) is 47.6 Å². The van der Waals surface area contributed by atoms with Crippen LogP contribution in [0.1, 0.15) is 96.8 Å². The lowest BCUT2D eigenvalue weighted by Gasteiger charge is -2.09. The van der Waals surface area contributed by atoms with Crippen molar-refractivity contribution in [1.29, 1.82) is 0 Å². The molecule has 0 aromatic heterocycles. The van der Waals surface area contributed by atoms with Gasteiger partial charge in [0, 0.05) is 6.61 Å². The van der Waals surface area contributed by atoms with Gasteiger partial charge in [-0.1, -0.05) is 90.4 Å². The Balaban J connectivity index is 1.70. The Morgan fingerprint density at radius 2 is 1.40 bits per heavy atom. The van der Waals surface area contributed by atoms with Crippen LogP contribution in [0.15, 0.2) is 0 Å². The van der Waals surface area contributed by atoms with E-state index >= 15 is 0 Å². The van der Waals surface area contributed by atoms with E-state index in [4.69, 9.17) is 20.5 Å². The van der Waals surface area contributed by atoms with Crippen LogP contribution in [0.25, 0.3) is 0 Å². The van der Waals surface area contributed by atoms with Gasteiger partial charge < -0.3 is 9.26 Å². The number of hydrogen-bond acceptors (Lipinski definition) is 3. The molecule has 0 aromatic rings. The smallest absolute Gasteiger partial charge is 0.360 e. The number of hydrogen-bond donors (Lipinski definition) is 1. The molecule has 1 aliphatic heterocycles. The van der Waals surface area contributed by atoms with Crippen LogP contribution in [-0.4, -0.2) is 25.9 Å². The minimum Gasteiger partial charge on any atom is -0.380 e. The van der Waals surface area contributed by atoms with E-state index in [2.05, 4.69) is 12.0 Å². The van der Waals surface area contributed by atoms with Crippen LogP contribution in [0.2, 0.25) is 0 Å². The van der Waals surface area contributed by atoms with Gasteiger partial charge in [-0.15, -0.1) is 0 Å². The zero-order chi connectivity index (χ0) is 18.2. The summed E-state index contributed by atoms with van der Waals surface area (Å²) in [5.74, 6) is 0. The summed E-state index contributed by atoms with van der Waals surface area (Å²) >= 11 is 5.61. The number of unbranched alkanes of at least 4 members (excludes halogenated alkanes) is 13. The molecule has 1 heterocycles. The molecule has 25 heavy (non-hydrogen) atoms. The summed E-state index contributed by atoms with van der Waals surface area (Å²) in [6, 6.07) is -0.0324. The second kappa shape index (κ2) is 15.5. The van der Waals surface area contributed by atoms with Gasteiger partial charge in [0.15, 0.2) is 0 Å². The van der Waals surface area contributed by atoms with E-state index in [1.54, 1.807) is 0 Å². The Kier molecular flexibility index (Phi) is 14.5. The molecule has 4 nitrogen and oxygen atoms in total. The maximum Gasteiger partial charge on any atom is 0.360 e. The molecule has 0 saturated carbocycles. The lowest BCUT2D eigenvalue weighted by Crippen LogP contribution is -2.27. The average molecular weight is 397 g/mol. The monoisotopic (exact) mass is 396 g/mol. The molecular formula is C19H39ClNO3P. The lowest BCUT2D eigenvalue weighted by molar-refractivity contribution is 0.108. The Bertz CT molecular complexity index is 358. The molecule has 1 fully saturated rings. The van der Waals surface area contributed by atoms with Gasteiger partial charge >= 0.3 is 6.87 Å². The fourth-order valence-corrected chi connectivity index (χ4v) is 4.80. The van der Waals surface area contributed by atoms with Crippen molar-refractivity contribution in [3.8, 4) is 0 Å².